The molecule has 0 radical (unpaired) electrons. The van der Waals surface area contributed by atoms with Crippen molar-refractivity contribution in [2.45, 2.75) is 20.0 Å². The van der Waals surface area contributed by atoms with Gasteiger partial charge in [0.1, 0.15) is 12.4 Å². The summed E-state index contributed by atoms with van der Waals surface area (Å²) in [6.07, 6.45) is 5.65. The lowest BCUT2D eigenvalue weighted by atomic mass is 10.1. The molecule has 0 spiro atoms. The standard InChI is InChI=1S/C21H21ClO3/c1-3-5-18-14-16(9-13-21(23)24-4-2)8-12-20(18)25-15-17-6-10-19(22)11-7-17/h3,6-14H,1,4-5,15H2,2H3. The van der Waals surface area contributed by atoms with Gasteiger partial charge in [0.05, 0.1) is 6.61 Å². The van der Waals surface area contributed by atoms with E-state index in [1.54, 1.807) is 13.0 Å². The molecular weight excluding hydrogens is 336 g/mol. The average molecular weight is 357 g/mol. The summed E-state index contributed by atoms with van der Waals surface area (Å²) in [6.45, 7) is 6.39. The highest BCUT2D eigenvalue weighted by atomic mass is 35.5. The van der Waals surface area contributed by atoms with Crippen LogP contribution < -0.4 is 4.74 Å². The molecule has 0 aliphatic heterocycles. The zero-order chi connectivity index (χ0) is 18.1. The lowest BCUT2D eigenvalue weighted by Crippen LogP contribution is -2.00. The molecule has 0 aromatic heterocycles. The molecule has 2 aromatic rings. The molecule has 0 saturated heterocycles. The third kappa shape index (κ3) is 6.12. The number of hydrogen-bond donors (Lipinski definition) is 0. The Labute approximate surface area is 153 Å². The molecule has 0 aliphatic rings. The number of allylic oxidation sites excluding steroid dienone is 1. The zero-order valence-corrected chi connectivity index (χ0v) is 15.0. The Morgan fingerprint density at radius 1 is 1.20 bits per heavy atom. The first-order valence-electron chi connectivity index (χ1n) is 8.08. The van der Waals surface area contributed by atoms with Crippen LogP contribution in [0.4, 0.5) is 0 Å². The zero-order valence-electron chi connectivity index (χ0n) is 14.2. The summed E-state index contributed by atoms with van der Waals surface area (Å²) in [5.74, 6) is 0.443. The molecule has 0 fully saturated rings. The number of rotatable bonds is 8. The van der Waals surface area contributed by atoms with Crippen LogP contribution in [0.5, 0.6) is 5.75 Å². The van der Waals surface area contributed by atoms with Crippen LogP contribution >= 0.6 is 11.6 Å². The predicted molar refractivity (Wildman–Crippen MR) is 102 cm³/mol. The third-order valence-electron chi connectivity index (χ3n) is 3.45. The first kappa shape index (κ1) is 18.8. The molecule has 0 unspecified atom stereocenters. The molecule has 0 N–H and O–H groups in total. The fourth-order valence-corrected chi connectivity index (χ4v) is 2.38. The van der Waals surface area contributed by atoms with E-state index in [2.05, 4.69) is 6.58 Å². The van der Waals surface area contributed by atoms with Gasteiger partial charge in [-0.15, -0.1) is 6.58 Å². The van der Waals surface area contributed by atoms with Crippen LogP contribution in [0.25, 0.3) is 6.08 Å². The first-order valence-corrected chi connectivity index (χ1v) is 8.46. The van der Waals surface area contributed by atoms with E-state index < -0.39 is 0 Å². The molecule has 0 amide bonds. The smallest absolute Gasteiger partial charge is 0.330 e. The molecule has 0 heterocycles. The van der Waals surface area contributed by atoms with Gasteiger partial charge in [-0.1, -0.05) is 35.9 Å². The number of ether oxygens (including phenoxy) is 2. The maximum atomic E-state index is 11.4. The van der Waals surface area contributed by atoms with Crippen LogP contribution in [0.1, 0.15) is 23.6 Å². The maximum Gasteiger partial charge on any atom is 0.330 e. The summed E-state index contributed by atoms with van der Waals surface area (Å²) in [4.78, 5) is 11.4. The lowest BCUT2D eigenvalue weighted by Gasteiger charge is -2.12. The number of carbonyl (C=O) groups is 1. The topological polar surface area (TPSA) is 35.5 Å². The molecule has 2 aromatic carbocycles. The Hall–Kier alpha value is -2.52. The van der Waals surface area contributed by atoms with Gasteiger partial charge in [-0.25, -0.2) is 4.79 Å². The van der Waals surface area contributed by atoms with Crippen molar-refractivity contribution >= 4 is 23.6 Å². The molecule has 2 rings (SSSR count). The quantitative estimate of drug-likeness (QED) is 0.369. The van der Waals surface area contributed by atoms with E-state index in [9.17, 15) is 4.79 Å². The van der Waals surface area contributed by atoms with Crippen molar-refractivity contribution in [2.75, 3.05) is 6.61 Å². The molecule has 4 heteroatoms. The van der Waals surface area contributed by atoms with Gasteiger partial charge < -0.3 is 9.47 Å². The number of benzene rings is 2. The fraction of sp³-hybridized carbons (Fsp3) is 0.190. The number of esters is 1. The highest BCUT2D eigenvalue weighted by molar-refractivity contribution is 6.30. The van der Waals surface area contributed by atoms with E-state index in [-0.39, 0.29) is 5.97 Å². The van der Waals surface area contributed by atoms with E-state index in [0.717, 1.165) is 22.4 Å². The van der Waals surface area contributed by atoms with Gasteiger partial charge in [0.25, 0.3) is 0 Å². The van der Waals surface area contributed by atoms with E-state index in [4.69, 9.17) is 21.1 Å². The minimum absolute atomic E-state index is 0.351. The second-order valence-electron chi connectivity index (χ2n) is 5.36. The molecular formula is C21H21ClO3. The number of hydrogen-bond acceptors (Lipinski definition) is 3. The SMILES string of the molecule is C=CCc1cc(C=CC(=O)OCC)ccc1OCc1ccc(Cl)cc1. The Bertz CT molecular complexity index is 748. The van der Waals surface area contributed by atoms with Crippen LogP contribution in [0.3, 0.4) is 0 Å². The predicted octanol–water partition coefficient (Wildman–Crippen LogP) is 5.22. The molecule has 0 bridgehead atoms. The van der Waals surface area contributed by atoms with Crippen molar-refractivity contribution in [3.63, 3.8) is 0 Å². The monoisotopic (exact) mass is 356 g/mol. The second kappa shape index (κ2) is 9.70. The van der Waals surface area contributed by atoms with E-state index in [0.29, 0.717) is 24.7 Å². The van der Waals surface area contributed by atoms with Gasteiger partial charge in [-0.2, -0.15) is 0 Å². The van der Waals surface area contributed by atoms with Crippen molar-refractivity contribution in [3.8, 4) is 5.75 Å². The van der Waals surface area contributed by atoms with Gasteiger partial charge in [-0.05, 0) is 60.4 Å². The van der Waals surface area contributed by atoms with Crippen LogP contribution in [-0.2, 0) is 22.6 Å². The van der Waals surface area contributed by atoms with E-state index in [1.807, 2.05) is 48.5 Å². The Kier molecular flexibility index (Phi) is 7.30. The van der Waals surface area contributed by atoms with Gasteiger partial charge in [0, 0.05) is 11.1 Å². The highest BCUT2D eigenvalue weighted by Crippen LogP contribution is 2.23. The first-order chi connectivity index (χ1) is 12.1. The summed E-state index contributed by atoms with van der Waals surface area (Å²) in [5, 5.41) is 0.703. The van der Waals surface area contributed by atoms with Crippen molar-refractivity contribution in [3.05, 3.63) is 82.9 Å². The summed E-state index contributed by atoms with van der Waals surface area (Å²) < 4.78 is 10.8. The van der Waals surface area contributed by atoms with Crippen molar-refractivity contribution in [1.29, 1.82) is 0 Å². The van der Waals surface area contributed by atoms with Crippen LogP contribution in [0, 0.1) is 0 Å². The molecule has 0 aliphatic carbocycles. The van der Waals surface area contributed by atoms with Gasteiger partial charge in [-0.3, -0.25) is 0 Å². The summed E-state index contributed by atoms with van der Waals surface area (Å²) in [5.41, 5.74) is 2.96. The third-order valence-corrected chi connectivity index (χ3v) is 3.71. The minimum Gasteiger partial charge on any atom is -0.489 e. The molecule has 0 saturated carbocycles. The van der Waals surface area contributed by atoms with E-state index >= 15 is 0 Å². The maximum absolute atomic E-state index is 11.4. The highest BCUT2D eigenvalue weighted by Gasteiger charge is 2.05. The summed E-state index contributed by atoms with van der Waals surface area (Å²) in [6, 6.07) is 13.3. The Balaban J connectivity index is 2.10. The normalized spacial score (nSPS) is 10.6. The summed E-state index contributed by atoms with van der Waals surface area (Å²) in [7, 11) is 0. The van der Waals surface area contributed by atoms with Gasteiger partial charge in [0.15, 0.2) is 0 Å². The Morgan fingerprint density at radius 2 is 1.96 bits per heavy atom. The number of carbonyl (C=O) groups excluding carboxylic acids is 1. The summed E-state index contributed by atoms with van der Waals surface area (Å²) >= 11 is 5.89. The molecule has 0 atom stereocenters. The van der Waals surface area contributed by atoms with Crippen molar-refractivity contribution in [2.24, 2.45) is 0 Å². The van der Waals surface area contributed by atoms with Crippen molar-refractivity contribution in [1.82, 2.24) is 0 Å². The largest absolute Gasteiger partial charge is 0.489 e. The van der Waals surface area contributed by atoms with Gasteiger partial charge >= 0.3 is 5.97 Å². The minimum atomic E-state index is -0.351. The molecule has 25 heavy (non-hydrogen) atoms. The Morgan fingerprint density at radius 3 is 2.64 bits per heavy atom. The fourth-order valence-electron chi connectivity index (χ4n) is 2.26. The average Bonchev–Trinajstić information content (AvgIpc) is 2.61. The van der Waals surface area contributed by atoms with Crippen LogP contribution in [0.15, 0.2) is 61.2 Å². The van der Waals surface area contributed by atoms with Crippen molar-refractivity contribution < 1.29 is 14.3 Å². The van der Waals surface area contributed by atoms with E-state index in [1.165, 1.54) is 6.08 Å². The van der Waals surface area contributed by atoms with Gasteiger partial charge in [0.2, 0.25) is 0 Å². The van der Waals surface area contributed by atoms with Crippen LogP contribution in [-0.4, -0.2) is 12.6 Å². The lowest BCUT2D eigenvalue weighted by molar-refractivity contribution is -0.137. The second-order valence-corrected chi connectivity index (χ2v) is 5.80. The molecule has 130 valence electrons. The number of halogens is 1. The molecule has 3 nitrogen and oxygen atoms in total. The van der Waals surface area contributed by atoms with Crippen LogP contribution in [0.2, 0.25) is 5.02 Å².